The number of phenols is 1. The van der Waals surface area contributed by atoms with E-state index in [4.69, 9.17) is 14.5 Å². The van der Waals surface area contributed by atoms with E-state index < -0.39 is 0 Å². The molecule has 2 amide bonds. The van der Waals surface area contributed by atoms with Crippen molar-refractivity contribution < 1.29 is 24.2 Å². The van der Waals surface area contributed by atoms with Crippen LogP contribution in [0.4, 0.5) is 5.69 Å². The van der Waals surface area contributed by atoms with Gasteiger partial charge in [-0.25, -0.2) is 4.99 Å². The van der Waals surface area contributed by atoms with Gasteiger partial charge in [-0.2, -0.15) is 0 Å². The van der Waals surface area contributed by atoms with Gasteiger partial charge >= 0.3 is 0 Å². The van der Waals surface area contributed by atoms with Gasteiger partial charge < -0.3 is 33.8 Å². The molecule has 53 heavy (non-hydrogen) atoms. The zero-order valence-electron chi connectivity index (χ0n) is 30.8. The smallest absolute Gasteiger partial charge is 0.264 e. The summed E-state index contributed by atoms with van der Waals surface area (Å²) < 4.78 is 13.8. The Balaban J connectivity index is 1.25. The fourth-order valence-electron chi connectivity index (χ4n) is 7.76. The van der Waals surface area contributed by atoms with E-state index in [0.29, 0.717) is 59.9 Å². The van der Waals surface area contributed by atoms with Crippen molar-refractivity contribution in [2.45, 2.75) is 45.8 Å². The van der Waals surface area contributed by atoms with Gasteiger partial charge in [-0.15, -0.1) is 0 Å². The molecule has 0 aliphatic carbocycles. The highest BCUT2D eigenvalue weighted by molar-refractivity contribution is 6.11. The molecule has 4 aliphatic heterocycles. The number of aromatic nitrogens is 1. The molecule has 11 nitrogen and oxygen atoms in total. The van der Waals surface area contributed by atoms with Crippen LogP contribution in [-0.2, 0) is 19.5 Å². The molecular formula is C42H44N6O5. The fourth-order valence-corrected chi connectivity index (χ4v) is 7.76. The van der Waals surface area contributed by atoms with Crippen molar-refractivity contribution in [3.63, 3.8) is 0 Å². The summed E-state index contributed by atoms with van der Waals surface area (Å²) >= 11 is 0. The number of phenolic OH excluding ortho intramolecular Hbond substituents is 1. The summed E-state index contributed by atoms with van der Waals surface area (Å²) in [7, 11) is 6.04. The first-order valence-corrected chi connectivity index (χ1v) is 18.0. The van der Waals surface area contributed by atoms with E-state index in [1.54, 1.807) is 41.4 Å². The lowest BCUT2D eigenvalue weighted by molar-refractivity contribution is 0.0658. The zero-order chi connectivity index (χ0) is 37.0. The van der Waals surface area contributed by atoms with Crippen molar-refractivity contribution >= 4 is 23.3 Å². The third-order valence-corrected chi connectivity index (χ3v) is 10.7. The molecule has 11 heteroatoms. The highest BCUT2D eigenvalue weighted by Crippen LogP contribution is 2.42. The normalized spacial score (nSPS) is 17.3. The average Bonchev–Trinajstić information content (AvgIpc) is 3.86. The van der Waals surface area contributed by atoms with E-state index in [9.17, 15) is 9.90 Å². The Labute approximate surface area is 309 Å². The quantitative estimate of drug-likeness (QED) is 0.232. The number of amides is 2. The number of amidine groups is 1. The number of hydrogen-bond donors (Lipinski definition) is 1. The molecule has 272 valence electrons. The largest absolute Gasteiger partial charge is 0.508 e. The maximum Gasteiger partial charge on any atom is 0.264 e. The molecule has 4 aromatic rings. The van der Waals surface area contributed by atoms with Crippen molar-refractivity contribution in [3.05, 3.63) is 118 Å². The van der Waals surface area contributed by atoms with Gasteiger partial charge in [-0.3, -0.25) is 14.5 Å². The molecule has 3 aromatic carbocycles. The van der Waals surface area contributed by atoms with Crippen LogP contribution in [0.3, 0.4) is 0 Å². The second-order valence-corrected chi connectivity index (χ2v) is 14.5. The molecule has 1 atom stereocenters. The van der Waals surface area contributed by atoms with Crippen LogP contribution in [0.5, 0.6) is 17.2 Å². The lowest BCUT2D eigenvalue weighted by atomic mass is 9.93. The lowest BCUT2D eigenvalue weighted by Crippen LogP contribution is -2.42. The van der Waals surface area contributed by atoms with Gasteiger partial charge in [0.15, 0.2) is 11.5 Å². The van der Waals surface area contributed by atoms with Crippen LogP contribution >= 0.6 is 0 Å². The number of aliphatic imine (C=N–C) groups is 1. The number of anilines is 1. The maximum atomic E-state index is 15.1. The summed E-state index contributed by atoms with van der Waals surface area (Å²) in [5, 5.41) is 10.2. The molecule has 0 unspecified atom stereocenters. The molecule has 8 rings (SSSR count). The van der Waals surface area contributed by atoms with Gasteiger partial charge in [0.05, 0.1) is 16.8 Å². The Morgan fingerprint density at radius 2 is 1.72 bits per heavy atom. The molecule has 1 N–H and O–H groups in total. The third kappa shape index (κ3) is 6.24. The first-order chi connectivity index (χ1) is 25.6. The third-order valence-electron chi connectivity index (χ3n) is 10.7. The first kappa shape index (κ1) is 34.3. The van der Waals surface area contributed by atoms with Crippen molar-refractivity contribution in [1.82, 2.24) is 19.3 Å². The highest BCUT2D eigenvalue weighted by Gasteiger charge is 2.34. The number of fused-ring (bicyclic) bond motifs is 3. The van der Waals surface area contributed by atoms with Crippen LogP contribution in [0.1, 0.15) is 50.9 Å². The molecule has 1 aromatic heterocycles. The number of nitrogens with zero attached hydrogens (tertiary/aromatic N) is 6. The van der Waals surface area contributed by atoms with E-state index in [2.05, 4.69) is 39.5 Å². The van der Waals surface area contributed by atoms with Gasteiger partial charge in [-0.05, 0) is 93.5 Å². The Morgan fingerprint density at radius 1 is 0.981 bits per heavy atom. The van der Waals surface area contributed by atoms with Crippen LogP contribution in [0, 0.1) is 6.92 Å². The van der Waals surface area contributed by atoms with Gasteiger partial charge in [0.1, 0.15) is 11.6 Å². The van der Waals surface area contributed by atoms with Crippen LogP contribution in [0.15, 0.2) is 95.3 Å². The second kappa shape index (κ2) is 13.6. The average molecular weight is 713 g/mol. The second-order valence-electron chi connectivity index (χ2n) is 14.5. The molecule has 5 heterocycles. The number of benzene rings is 3. The summed E-state index contributed by atoms with van der Waals surface area (Å²) in [6.45, 7) is 6.66. The van der Waals surface area contributed by atoms with E-state index in [-0.39, 0.29) is 30.4 Å². The standard InChI is InChI=1S/C42H44N6O5/c1-26-18-28-8-6-7-9-30(28)24-47(26)41(50)36-22-39-38(52-25-53-39)21-35(36)37-20-34(27(2)46(37)17-16-44(3)4)42(51)48(31-10-12-33(49)13-11-31)32-19-29-14-15-45(5)40(29)43-23-32/h6-14,20-23,26,49H,15-19,24-25H2,1-5H3/t26-/m1/s1. The van der Waals surface area contributed by atoms with E-state index in [1.165, 1.54) is 5.56 Å². The van der Waals surface area contributed by atoms with Crippen LogP contribution in [0.25, 0.3) is 11.3 Å². The summed E-state index contributed by atoms with van der Waals surface area (Å²) in [6, 6.07) is 20.5. The number of carbonyl (C=O) groups excluding carboxylic acids is 2. The Bertz CT molecular complexity index is 2210. The van der Waals surface area contributed by atoms with Crippen molar-refractivity contribution in [1.29, 1.82) is 0 Å². The Morgan fingerprint density at radius 3 is 2.47 bits per heavy atom. The Kier molecular flexibility index (Phi) is 8.82. The maximum absolute atomic E-state index is 15.1. The minimum atomic E-state index is -0.232. The summed E-state index contributed by atoms with van der Waals surface area (Å²) in [5.74, 6) is 1.76. The lowest BCUT2D eigenvalue weighted by Gasteiger charge is -2.35. The van der Waals surface area contributed by atoms with Crippen molar-refractivity contribution in [3.8, 4) is 28.5 Å². The molecule has 0 fully saturated rings. The molecule has 0 saturated carbocycles. The number of ether oxygens (including phenoxy) is 2. The monoisotopic (exact) mass is 712 g/mol. The van der Waals surface area contributed by atoms with E-state index >= 15 is 4.79 Å². The number of aromatic hydroxyl groups is 1. The predicted octanol–water partition coefficient (Wildman–Crippen LogP) is 6.21. The molecule has 0 spiro atoms. The van der Waals surface area contributed by atoms with Crippen LogP contribution in [-0.4, -0.2) is 89.1 Å². The summed E-state index contributed by atoms with van der Waals surface area (Å²) in [4.78, 5) is 42.4. The zero-order valence-corrected chi connectivity index (χ0v) is 30.8. The molecule has 0 radical (unpaired) electrons. The number of rotatable bonds is 8. The van der Waals surface area contributed by atoms with Crippen LogP contribution in [0.2, 0.25) is 0 Å². The predicted molar refractivity (Wildman–Crippen MR) is 205 cm³/mol. The fraction of sp³-hybridized carbons (Fsp3) is 0.310. The SMILES string of the molecule is Cc1c(C(=O)N(C2=CN=C3C(=CCN3C)C2)c2ccc(O)cc2)cc(-c2cc3c(cc2C(=O)N2Cc4ccccc4C[C@H]2C)OCO3)n1CCN(C)C. The summed E-state index contributed by atoms with van der Waals surface area (Å²) in [5.41, 5.74) is 7.99. The highest BCUT2D eigenvalue weighted by atomic mass is 16.7. The van der Waals surface area contributed by atoms with Gasteiger partial charge in [0.25, 0.3) is 11.8 Å². The van der Waals surface area contributed by atoms with Crippen molar-refractivity contribution in [2.24, 2.45) is 4.99 Å². The van der Waals surface area contributed by atoms with E-state index in [1.807, 2.05) is 57.2 Å². The molecule has 0 bridgehead atoms. The van der Waals surface area contributed by atoms with E-state index in [0.717, 1.165) is 47.0 Å². The number of likely N-dealkylation sites (N-methyl/N-ethyl adjacent to an activating group) is 2. The summed E-state index contributed by atoms with van der Waals surface area (Å²) in [6.07, 6.45) is 5.21. The van der Waals surface area contributed by atoms with Gasteiger partial charge in [0, 0.05) is 74.5 Å². The minimum absolute atomic E-state index is 0.0179. The molecule has 0 saturated heterocycles. The molecule has 4 aliphatic rings. The van der Waals surface area contributed by atoms with Gasteiger partial charge in [-0.1, -0.05) is 30.3 Å². The number of allylic oxidation sites excluding steroid dienone is 1. The molecular weight excluding hydrogens is 668 g/mol. The van der Waals surface area contributed by atoms with Gasteiger partial charge in [0.2, 0.25) is 6.79 Å². The minimum Gasteiger partial charge on any atom is -0.508 e. The number of carbonyl (C=O) groups is 2. The number of hydrogen-bond acceptors (Lipinski definition) is 8. The Hall–Kier alpha value is -5.81. The topological polar surface area (TPSA) is 103 Å². The van der Waals surface area contributed by atoms with Crippen molar-refractivity contribution in [2.75, 3.05) is 45.9 Å². The first-order valence-electron chi connectivity index (χ1n) is 18.0. The van der Waals surface area contributed by atoms with Crippen LogP contribution < -0.4 is 14.4 Å².